The van der Waals surface area contributed by atoms with Crippen molar-refractivity contribution in [1.29, 1.82) is 0 Å². The fourth-order valence-electron chi connectivity index (χ4n) is 1.86. The predicted octanol–water partition coefficient (Wildman–Crippen LogP) is 1.40. The van der Waals surface area contributed by atoms with Gasteiger partial charge in [-0.15, -0.1) is 0 Å². The largest absolute Gasteiger partial charge is 0.469 e. The second kappa shape index (κ2) is 7.74. The van der Waals surface area contributed by atoms with Crippen LogP contribution in [0.1, 0.15) is 34.1 Å². The zero-order valence-corrected chi connectivity index (χ0v) is 12.7. The number of methoxy groups -OCH3 is 1. The number of ether oxygens (including phenoxy) is 1. The maximum Gasteiger partial charge on any atom is 0.306 e. The van der Waals surface area contributed by atoms with E-state index in [-0.39, 0.29) is 18.1 Å². The van der Waals surface area contributed by atoms with Crippen molar-refractivity contribution in [3.8, 4) is 0 Å². The molecule has 0 atom stereocenters. The number of carbonyl (C=O) groups is 1. The minimum atomic E-state index is -3.40. The highest BCUT2D eigenvalue weighted by molar-refractivity contribution is 7.89. The third-order valence-corrected chi connectivity index (χ3v) is 4.40. The van der Waals surface area contributed by atoms with Crippen LogP contribution in [-0.2, 0) is 19.6 Å². The molecular weight excluding hydrogens is 254 g/mol. The summed E-state index contributed by atoms with van der Waals surface area (Å²) < 4.78 is 30.3. The van der Waals surface area contributed by atoms with E-state index in [1.807, 2.05) is 0 Å². The molecule has 0 aromatic carbocycles. The summed E-state index contributed by atoms with van der Waals surface area (Å²) in [5.41, 5.74) is 0. The van der Waals surface area contributed by atoms with Crippen molar-refractivity contribution in [3.05, 3.63) is 0 Å². The molecule has 0 bridgehead atoms. The van der Waals surface area contributed by atoms with E-state index in [0.717, 1.165) is 0 Å². The lowest BCUT2D eigenvalue weighted by Gasteiger charge is -2.24. The van der Waals surface area contributed by atoms with E-state index < -0.39 is 16.0 Å². The highest BCUT2D eigenvalue weighted by Crippen LogP contribution is 2.19. The minimum absolute atomic E-state index is 0.111. The molecule has 0 aromatic rings. The van der Waals surface area contributed by atoms with Gasteiger partial charge in [0, 0.05) is 6.54 Å². The smallest absolute Gasteiger partial charge is 0.306 e. The maximum atomic E-state index is 11.7. The molecule has 0 fully saturated rings. The molecule has 0 amide bonds. The van der Waals surface area contributed by atoms with Crippen LogP contribution in [0.25, 0.3) is 0 Å². The Morgan fingerprint density at radius 2 is 1.67 bits per heavy atom. The first-order valence-corrected chi connectivity index (χ1v) is 7.89. The van der Waals surface area contributed by atoms with E-state index in [2.05, 4.69) is 37.2 Å². The fraction of sp³-hybridized carbons (Fsp3) is 0.917. The van der Waals surface area contributed by atoms with Crippen LogP contribution in [0.3, 0.4) is 0 Å². The summed E-state index contributed by atoms with van der Waals surface area (Å²) in [6.07, 6.45) is -0.111. The van der Waals surface area contributed by atoms with Crippen LogP contribution in [0.15, 0.2) is 0 Å². The Morgan fingerprint density at radius 1 is 1.17 bits per heavy atom. The maximum absolute atomic E-state index is 11.7. The number of sulfonamides is 1. The summed E-state index contributed by atoms with van der Waals surface area (Å²) >= 11 is 0. The van der Waals surface area contributed by atoms with Crippen molar-refractivity contribution in [2.24, 2.45) is 17.8 Å². The van der Waals surface area contributed by atoms with Crippen molar-refractivity contribution in [3.63, 3.8) is 0 Å². The van der Waals surface area contributed by atoms with Gasteiger partial charge in [0.05, 0.1) is 19.3 Å². The zero-order chi connectivity index (χ0) is 14.3. The Balaban J connectivity index is 4.29. The van der Waals surface area contributed by atoms with Crippen LogP contribution in [0.2, 0.25) is 0 Å². The highest BCUT2D eigenvalue weighted by Gasteiger charge is 2.20. The summed E-state index contributed by atoms with van der Waals surface area (Å²) in [6.45, 7) is 8.72. The number of hydrogen-bond acceptors (Lipinski definition) is 4. The van der Waals surface area contributed by atoms with Gasteiger partial charge in [0.2, 0.25) is 10.0 Å². The second-order valence-corrected chi connectivity index (χ2v) is 7.07. The van der Waals surface area contributed by atoms with Gasteiger partial charge in [0.25, 0.3) is 0 Å². The second-order valence-electron chi connectivity index (χ2n) is 5.15. The topological polar surface area (TPSA) is 72.5 Å². The van der Waals surface area contributed by atoms with Crippen molar-refractivity contribution in [1.82, 2.24) is 4.72 Å². The Labute approximate surface area is 110 Å². The van der Waals surface area contributed by atoms with E-state index in [0.29, 0.717) is 18.4 Å². The molecule has 0 rings (SSSR count). The van der Waals surface area contributed by atoms with Gasteiger partial charge in [-0.25, -0.2) is 13.1 Å². The molecule has 0 aromatic heterocycles. The average Bonchev–Trinajstić information content (AvgIpc) is 2.25. The average molecular weight is 279 g/mol. The molecule has 0 radical (unpaired) electrons. The van der Waals surface area contributed by atoms with Crippen molar-refractivity contribution < 1.29 is 17.9 Å². The van der Waals surface area contributed by atoms with Gasteiger partial charge < -0.3 is 4.74 Å². The molecule has 0 unspecified atom stereocenters. The molecule has 0 saturated heterocycles. The van der Waals surface area contributed by atoms with Gasteiger partial charge in [-0.2, -0.15) is 0 Å². The van der Waals surface area contributed by atoms with Crippen LogP contribution < -0.4 is 4.72 Å². The fourth-order valence-corrected chi connectivity index (χ4v) is 2.88. The molecule has 18 heavy (non-hydrogen) atoms. The number of esters is 1. The molecule has 108 valence electrons. The molecule has 0 aliphatic rings. The van der Waals surface area contributed by atoms with Gasteiger partial charge >= 0.3 is 5.97 Å². The van der Waals surface area contributed by atoms with Crippen LogP contribution >= 0.6 is 0 Å². The number of hydrogen-bond donors (Lipinski definition) is 1. The van der Waals surface area contributed by atoms with Gasteiger partial charge in [-0.3, -0.25) is 4.79 Å². The summed E-state index contributed by atoms with van der Waals surface area (Å²) in [5, 5.41) is 0. The third-order valence-electron chi connectivity index (χ3n) is 3.05. The zero-order valence-electron chi connectivity index (χ0n) is 11.9. The van der Waals surface area contributed by atoms with E-state index in [1.165, 1.54) is 7.11 Å². The highest BCUT2D eigenvalue weighted by atomic mass is 32.2. The molecular formula is C12H25NO4S. The van der Waals surface area contributed by atoms with Crippen LogP contribution in [0, 0.1) is 17.8 Å². The Hall–Kier alpha value is -0.620. The Morgan fingerprint density at radius 3 is 2.06 bits per heavy atom. The Kier molecular flexibility index (Phi) is 7.47. The lowest BCUT2D eigenvalue weighted by Crippen LogP contribution is -2.35. The lowest BCUT2D eigenvalue weighted by atomic mass is 9.86. The van der Waals surface area contributed by atoms with Crippen molar-refractivity contribution in [2.75, 3.05) is 19.4 Å². The van der Waals surface area contributed by atoms with E-state index >= 15 is 0 Å². The van der Waals surface area contributed by atoms with Crippen molar-refractivity contribution >= 4 is 16.0 Å². The third kappa shape index (κ3) is 6.96. The van der Waals surface area contributed by atoms with E-state index in [4.69, 9.17) is 0 Å². The monoisotopic (exact) mass is 279 g/mol. The summed E-state index contributed by atoms with van der Waals surface area (Å²) in [5.74, 6) is 0.381. The van der Waals surface area contributed by atoms with E-state index in [1.54, 1.807) is 0 Å². The standard InChI is InChI=1S/C12H25NO4S/c1-9(2)11(10(3)4)8-13-18(15,16)7-6-12(14)17-5/h9-11,13H,6-8H2,1-5H3. The van der Waals surface area contributed by atoms with Crippen LogP contribution in [0.5, 0.6) is 0 Å². The first-order chi connectivity index (χ1) is 8.19. The molecule has 0 saturated carbocycles. The SMILES string of the molecule is COC(=O)CCS(=O)(=O)NCC(C(C)C)C(C)C. The number of rotatable bonds is 8. The first kappa shape index (κ1) is 17.4. The first-order valence-electron chi connectivity index (χ1n) is 6.23. The molecule has 0 heterocycles. The number of carbonyl (C=O) groups excluding carboxylic acids is 1. The molecule has 0 aliphatic heterocycles. The minimum Gasteiger partial charge on any atom is -0.469 e. The van der Waals surface area contributed by atoms with Gasteiger partial charge in [-0.05, 0) is 17.8 Å². The molecule has 0 aliphatic carbocycles. The van der Waals surface area contributed by atoms with E-state index in [9.17, 15) is 13.2 Å². The molecule has 5 nitrogen and oxygen atoms in total. The van der Waals surface area contributed by atoms with Gasteiger partial charge in [-0.1, -0.05) is 27.7 Å². The van der Waals surface area contributed by atoms with Crippen LogP contribution in [0.4, 0.5) is 0 Å². The predicted molar refractivity (Wildman–Crippen MR) is 71.6 cm³/mol. The molecule has 0 spiro atoms. The lowest BCUT2D eigenvalue weighted by molar-refractivity contribution is -0.140. The van der Waals surface area contributed by atoms with Gasteiger partial charge in [0.1, 0.15) is 0 Å². The Bertz CT molecular complexity index is 341. The molecule has 1 N–H and O–H groups in total. The van der Waals surface area contributed by atoms with Gasteiger partial charge in [0.15, 0.2) is 0 Å². The number of nitrogens with one attached hydrogen (secondary N) is 1. The summed E-state index contributed by atoms with van der Waals surface area (Å²) in [7, 11) is -2.15. The molecule has 6 heteroatoms. The van der Waals surface area contributed by atoms with Crippen molar-refractivity contribution in [2.45, 2.75) is 34.1 Å². The quantitative estimate of drug-likeness (QED) is 0.682. The van der Waals surface area contributed by atoms with Crippen LogP contribution in [-0.4, -0.2) is 33.8 Å². The summed E-state index contributed by atoms with van der Waals surface area (Å²) in [6, 6.07) is 0. The normalized spacial score (nSPS) is 12.4. The summed E-state index contributed by atoms with van der Waals surface area (Å²) in [4.78, 5) is 10.9.